The summed E-state index contributed by atoms with van der Waals surface area (Å²) in [6.07, 6.45) is 1.70. The average Bonchev–Trinajstić information content (AvgIpc) is 2.64. The van der Waals surface area contributed by atoms with Crippen LogP contribution in [0.5, 0.6) is 0 Å². The molecule has 0 unspecified atom stereocenters. The van der Waals surface area contributed by atoms with Crippen LogP contribution >= 0.6 is 0 Å². The smallest absolute Gasteiger partial charge is 0.130 e. The second-order valence-electron chi connectivity index (χ2n) is 3.82. The summed E-state index contributed by atoms with van der Waals surface area (Å²) in [4.78, 5) is 6.24. The highest BCUT2D eigenvalue weighted by molar-refractivity contribution is 5.49. The molecule has 0 spiro atoms. The molecule has 0 bridgehead atoms. The predicted octanol–water partition coefficient (Wildman–Crippen LogP) is 2.20. The molecular formula is C12H15N3O. The summed E-state index contributed by atoms with van der Waals surface area (Å²) < 4.78 is 5.51. The van der Waals surface area contributed by atoms with E-state index in [-0.39, 0.29) is 0 Å². The molecule has 2 N–H and O–H groups in total. The van der Waals surface area contributed by atoms with E-state index in [2.05, 4.69) is 4.98 Å². The first kappa shape index (κ1) is 10.5. The number of anilines is 2. The maximum absolute atomic E-state index is 5.70. The summed E-state index contributed by atoms with van der Waals surface area (Å²) in [5, 5.41) is 0. The van der Waals surface area contributed by atoms with Gasteiger partial charge in [0.15, 0.2) is 0 Å². The standard InChI is InChI=1S/C12H15N3O/c1-9-3-4-11(16-9)8-15(2)12-7-10(13)5-6-14-12/h3-7H,8H2,1-2H3,(H2,13,14). The molecule has 0 saturated carbocycles. The molecular weight excluding hydrogens is 202 g/mol. The number of rotatable bonds is 3. The number of nitrogens with two attached hydrogens (primary N) is 1. The maximum Gasteiger partial charge on any atom is 0.130 e. The van der Waals surface area contributed by atoms with Crippen molar-refractivity contribution >= 4 is 11.5 Å². The number of hydrogen-bond acceptors (Lipinski definition) is 4. The van der Waals surface area contributed by atoms with Gasteiger partial charge in [-0.25, -0.2) is 4.98 Å². The third-order valence-corrected chi connectivity index (χ3v) is 2.35. The van der Waals surface area contributed by atoms with Crippen LogP contribution in [-0.2, 0) is 6.54 Å². The minimum atomic E-state index is 0.685. The molecule has 4 nitrogen and oxygen atoms in total. The van der Waals surface area contributed by atoms with Gasteiger partial charge in [0.05, 0.1) is 6.54 Å². The Morgan fingerprint density at radius 3 is 2.81 bits per heavy atom. The monoisotopic (exact) mass is 217 g/mol. The van der Waals surface area contributed by atoms with Gasteiger partial charge in [-0.05, 0) is 25.1 Å². The molecule has 2 aromatic heterocycles. The van der Waals surface area contributed by atoms with E-state index in [1.807, 2.05) is 37.1 Å². The first-order valence-corrected chi connectivity index (χ1v) is 5.13. The molecule has 2 rings (SSSR count). The number of pyridine rings is 1. The second kappa shape index (κ2) is 4.26. The maximum atomic E-state index is 5.70. The zero-order chi connectivity index (χ0) is 11.5. The highest BCUT2D eigenvalue weighted by atomic mass is 16.3. The van der Waals surface area contributed by atoms with Crippen LogP contribution in [0.2, 0.25) is 0 Å². The van der Waals surface area contributed by atoms with Gasteiger partial charge in [0.25, 0.3) is 0 Å². The van der Waals surface area contributed by atoms with Gasteiger partial charge in [-0.15, -0.1) is 0 Å². The normalized spacial score (nSPS) is 10.4. The molecule has 16 heavy (non-hydrogen) atoms. The highest BCUT2D eigenvalue weighted by Crippen LogP contribution is 2.16. The first-order chi connectivity index (χ1) is 7.65. The topological polar surface area (TPSA) is 55.3 Å². The Balaban J connectivity index is 2.11. The van der Waals surface area contributed by atoms with E-state index < -0.39 is 0 Å². The van der Waals surface area contributed by atoms with E-state index in [0.29, 0.717) is 12.2 Å². The molecule has 0 atom stereocenters. The van der Waals surface area contributed by atoms with Crippen molar-refractivity contribution in [1.29, 1.82) is 0 Å². The van der Waals surface area contributed by atoms with Gasteiger partial charge < -0.3 is 15.1 Å². The van der Waals surface area contributed by atoms with E-state index >= 15 is 0 Å². The summed E-state index contributed by atoms with van der Waals surface area (Å²) >= 11 is 0. The largest absolute Gasteiger partial charge is 0.464 e. The Labute approximate surface area is 94.7 Å². The van der Waals surface area contributed by atoms with E-state index in [9.17, 15) is 0 Å². The number of hydrogen-bond donors (Lipinski definition) is 1. The fourth-order valence-electron chi connectivity index (χ4n) is 1.53. The van der Waals surface area contributed by atoms with Gasteiger partial charge in [0.1, 0.15) is 17.3 Å². The first-order valence-electron chi connectivity index (χ1n) is 5.13. The highest BCUT2D eigenvalue weighted by Gasteiger charge is 2.06. The third kappa shape index (κ3) is 2.34. The lowest BCUT2D eigenvalue weighted by Crippen LogP contribution is -2.17. The molecule has 2 heterocycles. The molecule has 2 aromatic rings. The van der Waals surface area contributed by atoms with E-state index in [1.165, 1.54) is 0 Å². The minimum absolute atomic E-state index is 0.685. The van der Waals surface area contributed by atoms with Crippen LogP contribution in [-0.4, -0.2) is 12.0 Å². The minimum Gasteiger partial charge on any atom is -0.464 e. The fraction of sp³-hybridized carbons (Fsp3) is 0.250. The molecule has 0 saturated heterocycles. The number of nitrogens with zero attached hydrogens (tertiary/aromatic N) is 2. The van der Waals surface area contributed by atoms with E-state index in [4.69, 9.17) is 10.2 Å². The van der Waals surface area contributed by atoms with Gasteiger partial charge in [0, 0.05) is 25.0 Å². The second-order valence-corrected chi connectivity index (χ2v) is 3.82. The van der Waals surface area contributed by atoms with Crippen LogP contribution in [0.15, 0.2) is 34.9 Å². The number of aromatic nitrogens is 1. The zero-order valence-electron chi connectivity index (χ0n) is 9.47. The molecule has 0 fully saturated rings. The van der Waals surface area contributed by atoms with Crippen LogP contribution in [0.4, 0.5) is 11.5 Å². The van der Waals surface area contributed by atoms with Crippen molar-refractivity contribution in [1.82, 2.24) is 4.98 Å². The van der Waals surface area contributed by atoms with Crippen LogP contribution < -0.4 is 10.6 Å². The van der Waals surface area contributed by atoms with Gasteiger partial charge in [0.2, 0.25) is 0 Å². The quantitative estimate of drug-likeness (QED) is 0.856. The van der Waals surface area contributed by atoms with Crippen molar-refractivity contribution in [2.24, 2.45) is 0 Å². The van der Waals surface area contributed by atoms with Crippen molar-refractivity contribution in [2.75, 3.05) is 17.7 Å². The summed E-state index contributed by atoms with van der Waals surface area (Å²) in [7, 11) is 1.96. The molecule has 0 aromatic carbocycles. The Kier molecular flexibility index (Phi) is 2.81. The summed E-state index contributed by atoms with van der Waals surface area (Å²) in [6, 6.07) is 7.54. The summed E-state index contributed by atoms with van der Waals surface area (Å²) in [5.74, 6) is 2.68. The van der Waals surface area contributed by atoms with Crippen LogP contribution in [0, 0.1) is 6.92 Å². The summed E-state index contributed by atoms with van der Waals surface area (Å²) in [5.41, 5.74) is 6.42. The third-order valence-electron chi connectivity index (χ3n) is 2.35. The van der Waals surface area contributed by atoms with Crippen LogP contribution in [0.25, 0.3) is 0 Å². The molecule has 0 radical (unpaired) electrons. The van der Waals surface area contributed by atoms with E-state index in [0.717, 1.165) is 17.3 Å². The molecule has 84 valence electrons. The van der Waals surface area contributed by atoms with Crippen molar-refractivity contribution in [3.63, 3.8) is 0 Å². The number of furan rings is 1. The van der Waals surface area contributed by atoms with E-state index in [1.54, 1.807) is 12.3 Å². The predicted molar refractivity (Wildman–Crippen MR) is 64.2 cm³/mol. The van der Waals surface area contributed by atoms with Crippen molar-refractivity contribution < 1.29 is 4.42 Å². The molecule has 4 heteroatoms. The van der Waals surface area contributed by atoms with Crippen molar-refractivity contribution in [3.8, 4) is 0 Å². The number of aryl methyl sites for hydroxylation is 1. The van der Waals surface area contributed by atoms with Crippen LogP contribution in [0.3, 0.4) is 0 Å². The number of nitrogen functional groups attached to an aromatic ring is 1. The van der Waals surface area contributed by atoms with Gasteiger partial charge in [-0.2, -0.15) is 0 Å². The zero-order valence-corrected chi connectivity index (χ0v) is 9.47. The molecule has 0 aliphatic carbocycles. The van der Waals surface area contributed by atoms with Gasteiger partial charge in [-0.3, -0.25) is 0 Å². The Hall–Kier alpha value is -1.97. The lowest BCUT2D eigenvalue weighted by atomic mass is 10.3. The Bertz CT molecular complexity index is 479. The lowest BCUT2D eigenvalue weighted by molar-refractivity contribution is 0.481. The Morgan fingerprint density at radius 1 is 1.38 bits per heavy atom. The fourth-order valence-corrected chi connectivity index (χ4v) is 1.53. The molecule has 0 aliphatic heterocycles. The van der Waals surface area contributed by atoms with Gasteiger partial charge in [-0.1, -0.05) is 0 Å². The van der Waals surface area contributed by atoms with Crippen molar-refractivity contribution in [2.45, 2.75) is 13.5 Å². The van der Waals surface area contributed by atoms with Gasteiger partial charge >= 0.3 is 0 Å². The van der Waals surface area contributed by atoms with Crippen molar-refractivity contribution in [3.05, 3.63) is 42.0 Å². The molecule has 0 amide bonds. The van der Waals surface area contributed by atoms with Crippen LogP contribution in [0.1, 0.15) is 11.5 Å². The molecule has 0 aliphatic rings. The Morgan fingerprint density at radius 2 is 2.19 bits per heavy atom. The average molecular weight is 217 g/mol. The lowest BCUT2D eigenvalue weighted by Gasteiger charge is -2.16. The summed E-state index contributed by atoms with van der Waals surface area (Å²) in [6.45, 7) is 2.62. The SMILES string of the molecule is Cc1ccc(CN(C)c2cc(N)ccn2)o1.